The van der Waals surface area contributed by atoms with E-state index in [1.54, 1.807) is 0 Å². The molecule has 2 aliphatic rings. The van der Waals surface area contributed by atoms with Gasteiger partial charge in [-0.2, -0.15) is 0 Å². The fraction of sp³-hybridized carbons (Fsp3) is 0.333. The highest BCUT2D eigenvalue weighted by Crippen LogP contribution is 2.45. The summed E-state index contributed by atoms with van der Waals surface area (Å²) in [6.45, 7) is 8.00. The van der Waals surface area contributed by atoms with Crippen molar-refractivity contribution < 1.29 is 28.1 Å². The molecular formula is C30H32B2O6. The predicted molar refractivity (Wildman–Crippen MR) is 153 cm³/mol. The van der Waals surface area contributed by atoms with Crippen LogP contribution in [-0.4, -0.2) is 53.9 Å². The minimum Gasteiger partial charge on any atom is -0.493 e. The van der Waals surface area contributed by atoms with E-state index in [1.165, 1.54) is 0 Å². The van der Waals surface area contributed by atoms with E-state index in [0.29, 0.717) is 39.6 Å². The van der Waals surface area contributed by atoms with Crippen molar-refractivity contribution in [2.24, 2.45) is 0 Å². The predicted octanol–water partition coefficient (Wildman–Crippen LogP) is 4.72. The second-order valence-electron chi connectivity index (χ2n) is 9.56. The van der Waals surface area contributed by atoms with Crippen molar-refractivity contribution in [2.75, 3.05) is 39.6 Å². The van der Waals surface area contributed by atoms with Gasteiger partial charge in [0.25, 0.3) is 0 Å². The van der Waals surface area contributed by atoms with Crippen LogP contribution in [0.4, 0.5) is 0 Å². The third-order valence-electron chi connectivity index (χ3n) is 7.06. The summed E-state index contributed by atoms with van der Waals surface area (Å²) in [6, 6.07) is 21.1. The summed E-state index contributed by atoms with van der Waals surface area (Å²) in [4.78, 5) is 0. The molecule has 2 saturated heterocycles. The second-order valence-corrected chi connectivity index (χ2v) is 9.56. The van der Waals surface area contributed by atoms with Gasteiger partial charge in [-0.05, 0) is 71.3 Å². The van der Waals surface area contributed by atoms with Gasteiger partial charge < -0.3 is 28.1 Å². The van der Waals surface area contributed by atoms with Gasteiger partial charge in [0.2, 0.25) is 0 Å². The maximum Gasteiger partial charge on any atom is 0.493 e. The Balaban J connectivity index is 1.54. The number of rotatable bonds is 7. The lowest BCUT2D eigenvalue weighted by molar-refractivity contribution is 0.143. The van der Waals surface area contributed by atoms with E-state index < -0.39 is 0 Å². The lowest BCUT2D eigenvalue weighted by Crippen LogP contribution is -2.40. The van der Waals surface area contributed by atoms with Crippen molar-refractivity contribution in [3.8, 4) is 22.6 Å². The van der Waals surface area contributed by atoms with E-state index in [0.717, 1.165) is 67.9 Å². The fourth-order valence-corrected chi connectivity index (χ4v) is 5.38. The molecule has 2 aliphatic heterocycles. The van der Waals surface area contributed by atoms with Gasteiger partial charge in [-0.25, -0.2) is 0 Å². The second kappa shape index (κ2) is 11.4. The zero-order valence-electron chi connectivity index (χ0n) is 22.0. The molecule has 0 N–H and O–H groups in total. The summed E-state index contributed by atoms with van der Waals surface area (Å²) in [6.07, 6.45) is 1.85. The maximum atomic E-state index is 6.20. The Bertz CT molecular complexity index is 1320. The Morgan fingerprint density at radius 1 is 0.579 bits per heavy atom. The van der Waals surface area contributed by atoms with Gasteiger partial charge in [0.15, 0.2) is 0 Å². The van der Waals surface area contributed by atoms with E-state index in [1.807, 2.05) is 13.8 Å². The van der Waals surface area contributed by atoms with Crippen LogP contribution in [0.15, 0.2) is 60.7 Å². The normalized spacial score (nSPS) is 16.3. The van der Waals surface area contributed by atoms with Crippen molar-refractivity contribution in [3.05, 3.63) is 60.7 Å². The van der Waals surface area contributed by atoms with Crippen LogP contribution < -0.4 is 20.4 Å². The summed E-state index contributed by atoms with van der Waals surface area (Å²) in [5.74, 6) is 1.66. The molecule has 0 atom stereocenters. The van der Waals surface area contributed by atoms with Crippen molar-refractivity contribution in [3.63, 3.8) is 0 Å². The molecule has 0 spiro atoms. The monoisotopic (exact) mass is 510 g/mol. The lowest BCUT2D eigenvalue weighted by Gasteiger charge is -2.22. The average molecular weight is 510 g/mol. The van der Waals surface area contributed by atoms with Crippen molar-refractivity contribution in [2.45, 2.75) is 26.7 Å². The van der Waals surface area contributed by atoms with E-state index >= 15 is 0 Å². The topological polar surface area (TPSA) is 55.4 Å². The first-order valence-corrected chi connectivity index (χ1v) is 13.6. The van der Waals surface area contributed by atoms with Gasteiger partial charge in [0.05, 0.1) is 13.2 Å². The van der Waals surface area contributed by atoms with Gasteiger partial charge in [0.1, 0.15) is 11.5 Å². The fourth-order valence-electron chi connectivity index (χ4n) is 5.38. The highest BCUT2D eigenvalue weighted by atomic mass is 16.6. The molecule has 0 bridgehead atoms. The Morgan fingerprint density at radius 2 is 1.00 bits per heavy atom. The van der Waals surface area contributed by atoms with Gasteiger partial charge in [-0.15, -0.1) is 0 Å². The molecule has 2 heterocycles. The van der Waals surface area contributed by atoms with Crippen LogP contribution in [0, 0.1) is 0 Å². The average Bonchev–Trinajstić information content (AvgIpc) is 2.98. The molecular weight excluding hydrogens is 478 g/mol. The molecule has 4 aromatic carbocycles. The molecule has 4 aromatic rings. The molecule has 0 aliphatic carbocycles. The van der Waals surface area contributed by atoms with Gasteiger partial charge in [0, 0.05) is 37.6 Å². The minimum absolute atomic E-state index is 0.331. The van der Waals surface area contributed by atoms with Crippen molar-refractivity contribution >= 4 is 46.7 Å². The molecule has 2 fully saturated rings. The molecule has 0 radical (unpaired) electrons. The van der Waals surface area contributed by atoms with E-state index in [2.05, 4.69) is 60.7 Å². The molecule has 0 amide bonds. The van der Waals surface area contributed by atoms with Crippen LogP contribution in [-0.2, 0) is 18.6 Å². The first-order chi connectivity index (χ1) is 18.8. The standard InChI is InChI=1S/C30H32B2O6/c1-3-33-27-13-7-21-19-23(31-35-15-5-16-36-31)9-11-25(21)29(27)30-26-12-10-24(32-37-17-6-18-38-32)20-22(26)8-14-28(30)34-4-2/h7-14,19-20H,3-6,15-18H2,1-2H3. The van der Waals surface area contributed by atoms with Gasteiger partial charge >= 0.3 is 14.2 Å². The number of fused-ring (bicyclic) bond motifs is 2. The van der Waals surface area contributed by atoms with Crippen LogP contribution in [0.3, 0.4) is 0 Å². The Labute approximate surface area is 224 Å². The van der Waals surface area contributed by atoms with Crippen LogP contribution in [0.2, 0.25) is 0 Å². The first-order valence-electron chi connectivity index (χ1n) is 13.6. The smallest absolute Gasteiger partial charge is 0.493 e. The maximum absolute atomic E-state index is 6.20. The van der Waals surface area contributed by atoms with Crippen molar-refractivity contribution in [1.29, 1.82) is 0 Å². The molecule has 0 unspecified atom stereocenters. The van der Waals surface area contributed by atoms with Crippen LogP contribution in [0.5, 0.6) is 11.5 Å². The van der Waals surface area contributed by atoms with Crippen LogP contribution in [0.1, 0.15) is 26.7 Å². The lowest BCUT2D eigenvalue weighted by atomic mass is 9.76. The van der Waals surface area contributed by atoms with Gasteiger partial charge in [-0.3, -0.25) is 0 Å². The highest BCUT2D eigenvalue weighted by Gasteiger charge is 2.27. The Hall–Kier alpha value is -3.03. The minimum atomic E-state index is -0.331. The van der Waals surface area contributed by atoms with Crippen LogP contribution in [0.25, 0.3) is 32.7 Å². The molecule has 8 heteroatoms. The third kappa shape index (κ3) is 4.90. The summed E-state index contributed by atoms with van der Waals surface area (Å²) in [5, 5.41) is 4.37. The van der Waals surface area contributed by atoms with Crippen molar-refractivity contribution in [1.82, 2.24) is 0 Å². The summed E-state index contributed by atoms with van der Waals surface area (Å²) >= 11 is 0. The molecule has 6 nitrogen and oxygen atoms in total. The SMILES string of the molecule is CCOc1ccc2cc(B3OCCCO3)ccc2c1-c1c(OCC)ccc2cc(B3OCCCO3)ccc12. The summed E-state index contributed by atoms with van der Waals surface area (Å²) < 4.78 is 35.9. The molecule has 194 valence electrons. The van der Waals surface area contributed by atoms with E-state index in [9.17, 15) is 0 Å². The highest BCUT2D eigenvalue weighted by molar-refractivity contribution is 6.62. The molecule has 0 saturated carbocycles. The first kappa shape index (κ1) is 25.3. The number of benzene rings is 4. The van der Waals surface area contributed by atoms with E-state index in [4.69, 9.17) is 28.1 Å². The number of ether oxygens (including phenoxy) is 2. The largest absolute Gasteiger partial charge is 0.493 e. The van der Waals surface area contributed by atoms with Gasteiger partial charge in [-0.1, -0.05) is 48.5 Å². The zero-order chi connectivity index (χ0) is 25.9. The summed E-state index contributed by atoms with van der Waals surface area (Å²) in [5.41, 5.74) is 4.08. The molecule has 0 aromatic heterocycles. The molecule has 38 heavy (non-hydrogen) atoms. The molecule has 6 rings (SSSR count). The Morgan fingerprint density at radius 3 is 1.39 bits per heavy atom. The summed E-state index contributed by atoms with van der Waals surface area (Å²) in [7, 11) is -0.662. The third-order valence-corrected chi connectivity index (χ3v) is 7.06. The van der Waals surface area contributed by atoms with E-state index in [-0.39, 0.29) is 14.2 Å². The van der Waals surface area contributed by atoms with Crippen LogP contribution >= 0.6 is 0 Å². The quantitative estimate of drug-likeness (QED) is 0.336. The number of hydrogen-bond donors (Lipinski definition) is 0. The Kier molecular flexibility index (Phi) is 7.56. The zero-order valence-corrected chi connectivity index (χ0v) is 22.0. The number of hydrogen-bond acceptors (Lipinski definition) is 6.